The summed E-state index contributed by atoms with van der Waals surface area (Å²) < 4.78 is 1.22. The van der Waals surface area contributed by atoms with E-state index in [4.69, 9.17) is 0 Å². The van der Waals surface area contributed by atoms with Crippen molar-refractivity contribution in [3.63, 3.8) is 0 Å². The molecule has 0 radical (unpaired) electrons. The monoisotopic (exact) mass is 315 g/mol. The summed E-state index contributed by atoms with van der Waals surface area (Å²) in [4.78, 5) is 36.2. The molecule has 0 bridgehead atoms. The molecule has 0 atom stereocenters. The maximum Gasteiger partial charge on any atom is 0.273 e. The summed E-state index contributed by atoms with van der Waals surface area (Å²) in [6.07, 6.45) is 5.03. The van der Waals surface area contributed by atoms with Crippen molar-refractivity contribution in [2.75, 3.05) is 6.54 Å². The lowest BCUT2D eigenvalue weighted by Gasteiger charge is -2.11. The predicted octanol–water partition coefficient (Wildman–Crippen LogP) is 1.39. The van der Waals surface area contributed by atoms with Crippen molar-refractivity contribution in [1.82, 2.24) is 15.1 Å². The third kappa shape index (κ3) is 3.52. The van der Waals surface area contributed by atoms with Gasteiger partial charge in [-0.1, -0.05) is 25.0 Å². The number of nitrogens with one attached hydrogen (secondary N) is 2. The minimum atomic E-state index is -0.313. The molecule has 0 aliphatic heterocycles. The molecule has 23 heavy (non-hydrogen) atoms. The Balaban J connectivity index is 1.65. The zero-order valence-electron chi connectivity index (χ0n) is 13.0. The first-order valence-electron chi connectivity index (χ1n) is 8.14. The summed E-state index contributed by atoms with van der Waals surface area (Å²) in [5.41, 5.74) is -0.588. The molecule has 0 spiro atoms. The smallest absolute Gasteiger partial charge is 0.273 e. The predicted molar refractivity (Wildman–Crippen MR) is 88.4 cm³/mol. The van der Waals surface area contributed by atoms with Crippen molar-refractivity contribution >= 4 is 16.7 Å². The minimum absolute atomic E-state index is 0.0854. The second-order valence-corrected chi connectivity index (χ2v) is 6.15. The second kappa shape index (κ2) is 6.81. The van der Waals surface area contributed by atoms with Gasteiger partial charge in [0.05, 0.1) is 17.3 Å². The number of H-pyrrole nitrogens is 1. The number of carbonyl (C=O) groups excluding carboxylic acids is 1. The molecule has 1 amide bonds. The highest BCUT2D eigenvalue weighted by Crippen LogP contribution is 2.23. The fraction of sp³-hybridized carbons (Fsp3) is 0.471. The van der Waals surface area contributed by atoms with E-state index in [2.05, 4.69) is 10.4 Å². The molecule has 2 N–H and O–H groups in total. The van der Waals surface area contributed by atoms with Gasteiger partial charge in [-0.3, -0.25) is 19.5 Å². The summed E-state index contributed by atoms with van der Waals surface area (Å²) in [5.74, 6) is 0.500. The molecule has 2 aromatic rings. The van der Waals surface area contributed by atoms with Crippen molar-refractivity contribution < 1.29 is 4.79 Å². The van der Waals surface area contributed by atoms with Gasteiger partial charge in [0.2, 0.25) is 5.91 Å². The Hall–Kier alpha value is -2.37. The van der Waals surface area contributed by atoms with E-state index in [-0.39, 0.29) is 30.0 Å². The molecule has 1 aliphatic carbocycles. The molecule has 1 fully saturated rings. The van der Waals surface area contributed by atoms with E-state index in [9.17, 15) is 14.4 Å². The van der Waals surface area contributed by atoms with Crippen LogP contribution in [0.1, 0.15) is 32.1 Å². The Morgan fingerprint density at radius 3 is 2.61 bits per heavy atom. The van der Waals surface area contributed by atoms with Crippen molar-refractivity contribution in [2.45, 2.75) is 38.6 Å². The highest BCUT2D eigenvalue weighted by atomic mass is 16.2. The third-order valence-electron chi connectivity index (χ3n) is 4.51. The van der Waals surface area contributed by atoms with Gasteiger partial charge in [0.1, 0.15) is 0 Å². The molecule has 1 aromatic heterocycles. The minimum Gasteiger partial charge on any atom is -0.356 e. The van der Waals surface area contributed by atoms with Gasteiger partial charge in [0.25, 0.3) is 11.1 Å². The number of amides is 1. The quantitative estimate of drug-likeness (QED) is 0.874. The Kier molecular flexibility index (Phi) is 4.60. The molecule has 1 heterocycles. The first-order chi connectivity index (χ1) is 11.1. The topological polar surface area (TPSA) is 84.0 Å². The zero-order chi connectivity index (χ0) is 16.2. The first-order valence-corrected chi connectivity index (χ1v) is 8.14. The number of nitrogens with zero attached hydrogens (tertiary/aromatic N) is 1. The highest BCUT2D eigenvalue weighted by molar-refractivity contribution is 5.80. The Morgan fingerprint density at radius 1 is 1.17 bits per heavy atom. The molecular formula is C17H21N3O3. The third-order valence-corrected chi connectivity index (χ3v) is 4.51. The average Bonchev–Trinajstić information content (AvgIpc) is 3.08. The largest absolute Gasteiger partial charge is 0.356 e. The number of hydrogen-bond acceptors (Lipinski definition) is 3. The van der Waals surface area contributed by atoms with Crippen molar-refractivity contribution in [1.29, 1.82) is 0 Å². The summed E-state index contributed by atoms with van der Waals surface area (Å²) >= 11 is 0. The van der Waals surface area contributed by atoms with Crippen molar-refractivity contribution in [3.05, 3.63) is 45.0 Å². The molecule has 1 aromatic carbocycles. The van der Waals surface area contributed by atoms with E-state index in [0.717, 1.165) is 0 Å². The molecule has 6 nitrogen and oxygen atoms in total. The molecule has 3 rings (SSSR count). The Labute approximate surface area is 133 Å². The maximum atomic E-state index is 12.3. The van der Waals surface area contributed by atoms with Crippen LogP contribution >= 0.6 is 0 Å². The van der Waals surface area contributed by atoms with E-state index in [1.165, 1.54) is 30.4 Å². The van der Waals surface area contributed by atoms with Gasteiger partial charge in [-0.15, -0.1) is 0 Å². The van der Waals surface area contributed by atoms with E-state index in [0.29, 0.717) is 23.2 Å². The highest BCUT2D eigenvalue weighted by Gasteiger charge is 2.15. The number of aromatic nitrogens is 2. The van der Waals surface area contributed by atoms with Gasteiger partial charge in [0, 0.05) is 13.0 Å². The maximum absolute atomic E-state index is 12.3. The molecule has 0 saturated heterocycles. The van der Waals surface area contributed by atoms with E-state index in [1.54, 1.807) is 24.3 Å². The van der Waals surface area contributed by atoms with Crippen LogP contribution in [0, 0.1) is 5.92 Å². The fourth-order valence-corrected chi connectivity index (χ4v) is 3.18. The molecule has 6 heteroatoms. The number of aryl methyl sites for hydroxylation is 1. The van der Waals surface area contributed by atoms with Gasteiger partial charge in [-0.25, -0.2) is 4.68 Å². The summed E-state index contributed by atoms with van der Waals surface area (Å²) in [7, 11) is 0. The van der Waals surface area contributed by atoms with Crippen LogP contribution in [0.4, 0.5) is 0 Å². The zero-order valence-corrected chi connectivity index (χ0v) is 13.0. The lowest BCUT2D eigenvalue weighted by molar-refractivity contribution is -0.121. The van der Waals surface area contributed by atoms with Crippen LogP contribution in [0.3, 0.4) is 0 Å². The van der Waals surface area contributed by atoms with Gasteiger partial charge < -0.3 is 5.32 Å². The van der Waals surface area contributed by atoms with E-state index >= 15 is 0 Å². The number of fused-ring (bicyclic) bond motifs is 1. The molecule has 0 unspecified atom stereocenters. The summed E-state index contributed by atoms with van der Waals surface area (Å²) in [6.45, 7) is 0.886. The number of benzene rings is 1. The summed E-state index contributed by atoms with van der Waals surface area (Å²) in [5, 5.41) is 6.21. The first kappa shape index (κ1) is 15.5. The number of carbonyl (C=O) groups is 1. The van der Waals surface area contributed by atoms with Gasteiger partial charge >= 0.3 is 0 Å². The van der Waals surface area contributed by atoms with Gasteiger partial charge in [0.15, 0.2) is 0 Å². The van der Waals surface area contributed by atoms with Crippen LogP contribution in [0.25, 0.3) is 10.8 Å². The van der Waals surface area contributed by atoms with Gasteiger partial charge in [-0.2, -0.15) is 0 Å². The normalized spacial score (nSPS) is 15.1. The molecular weight excluding hydrogens is 294 g/mol. The lowest BCUT2D eigenvalue weighted by Crippen LogP contribution is -2.33. The average molecular weight is 315 g/mol. The van der Waals surface area contributed by atoms with Crippen LogP contribution in [0.5, 0.6) is 0 Å². The van der Waals surface area contributed by atoms with Crippen molar-refractivity contribution in [3.8, 4) is 0 Å². The van der Waals surface area contributed by atoms with Gasteiger partial charge in [-0.05, 0) is 30.9 Å². The number of aromatic amines is 1. The fourth-order valence-electron chi connectivity index (χ4n) is 3.18. The van der Waals surface area contributed by atoms with Crippen molar-refractivity contribution in [2.24, 2.45) is 5.92 Å². The standard InChI is InChI=1S/C17H21N3O3/c21-15(18-11-12-5-1-2-6-12)9-10-20-17(23)14-8-4-3-7-13(14)16(22)19-20/h3-4,7-8,12H,1-2,5-6,9-11H2,(H,18,21)(H,19,22). The molecule has 1 saturated carbocycles. The van der Waals surface area contributed by atoms with E-state index < -0.39 is 0 Å². The van der Waals surface area contributed by atoms with Crippen LogP contribution < -0.4 is 16.4 Å². The molecule has 1 aliphatic rings. The van der Waals surface area contributed by atoms with Crippen LogP contribution in [0.2, 0.25) is 0 Å². The summed E-state index contributed by atoms with van der Waals surface area (Å²) in [6, 6.07) is 6.69. The van der Waals surface area contributed by atoms with E-state index in [1.807, 2.05) is 0 Å². The Bertz CT molecular complexity index is 816. The lowest BCUT2D eigenvalue weighted by atomic mass is 10.1. The van der Waals surface area contributed by atoms with Crippen LogP contribution in [-0.2, 0) is 11.3 Å². The van der Waals surface area contributed by atoms with Crippen LogP contribution in [-0.4, -0.2) is 22.2 Å². The number of rotatable bonds is 5. The SMILES string of the molecule is O=C(CCn1[nH]c(=O)c2ccccc2c1=O)NCC1CCCC1. The Morgan fingerprint density at radius 2 is 1.87 bits per heavy atom. The van der Waals surface area contributed by atoms with Crippen LogP contribution in [0.15, 0.2) is 33.9 Å². The number of hydrogen-bond donors (Lipinski definition) is 2. The second-order valence-electron chi connectivity index (χ2n) is 6.15. The molecule has 122 valence electrons.